The molecule has 2 aromatic rings. The minimum absolute atomic E-state index is 0.300. The first-order valence-corrected chi connectivity index (χ1v) is 9.27. The average molecular weight is 331 g/mol. The Bertz CT molecular complexity index is 661. The van der Waals surface area contributed by atoms with Gasteiger partial charge in [-0.15, -0.1) is 0 Å². The number of nitrogens with zero attached hydrogens (tertiary/aromatic N) is 1. The largest absolute Gasteiger partial charge is 0.379 e. The summed E-state index contributed by atoms with van der Waals surface area (Å²) in [5.74, 6) is 0. The molecule has 0 unspecified atom stereocenters. The van der Waals surface area contributed by atoms with Crippen LogP contribution in [0.15, 0.2) is 65.7 Å². The molecule has 122 valence electrons. The Balaban J connectivity index is 2.41. The quantitative estimate of drug-likeness (QED) is 0.510. The van der Waals surface area contributed by atoms with Gasteiger partial charge in [0.2, 0.25) is 0 Å². The molecule has 0 aliphatic heterocycles. The van der Waals surface area contributed by atoms with Crippen LogP contribution < -0.4 is 0 Å². The summed E-state index contributed by atoms with van der Waals surface area (Å²) in [6.45, 7) is 4.62. The summed E-state index contributed by atoms with van der Waals surface area (Å²) in [5.41, 5.74) is 2.18. The first-order valence-electron chi connectivity index (χ1n) is 7.73. The molecule has 0 aromatic heterocycles. The molecule has 0 amide bonds. The first kappa shape index (κ1) is 17.6. The van der Waals surface area contributed by atoms with Gasteiger partial charge in [-0.1, -0.05) is 60.7 Å². The van der Waals surface area contributed by atoms with E-state index < -0.39 is 7.60 Å². The van der Waals surface area contributed by atoms with E-state index in [-0.39, 0.29) is 0 Å². The molecule has 0 atom stereocenters. The summed E-state index contributed by atoms with van der Waals surface area (Å²) >= 11 is 0. The maximum Gasteiger partial charge on any atom is 0.379 e. The van der Waals surface area contributed by atoms with Gasteiger partial charge in [0.1, 0.15) is 0 Å². The maximum atomic E-state index is 13.2. The lowest BCUT2D eigenvalue weighted by molar-refractivity contribution is 0.232. The fourth-order valence-corrected chi connectivity index (χ4v) is 3.88. The van der Waals surface area contributed by atoms with Crippen molar-refractivity contribution in [2.24, 2.45) is 4.99 Å². The lowest BCUT2D eigenvalue weighted by Crippen LogP contribution is -2.09. The predicted molar refractivity (Wildman–Crippen MR) is 94.0 cm³/mol. The topological polar surface area (TPSA) is 47.9 Å². The van der Waals surface area contributed by atoms with Crippen molar-refractivity contribution >= 4 is 13.0 Å². The number of aliphatic imine (C=N–C) groups is 1. The smallest absolute Gasteiger partial charge is 0.304 e. The second-order valence-electron chi connectivity index (χ2n) is 4.82. The zero-order chi connectivity index (χ0) is 16.5. The van der Waals surface area contributed by atoms with Gasteiger partial charge in [-0.3, -0.25) is 9.56 Å². The molecule has 5 heteroatoms. The van der Waals surface area contributed by atoms with Crippen LogP contribution in [0.25, 0.3) is 0 Å². The Morgan fingerprint density at radius 3 is 1.96 bits per heavy atom. The Labute approximate surface area is 137 Å². The summed E-state index contributed by atoms with van der Waals surface area (Å²) in [6.07, 6.45) is 0. The van der Waals surface area contributed by atoms with E-state index in [0.29, 0.717) is 25.2 Å². The van der Waals surface area contributed by atoms with Gasteiger partial charge in [0, 0.05) is 5.56 Å². The van der Waals surface area contributed by atoms with E-state index in [0.717, 1.165) is 11.1 Å². The molecule has 2 rings (SSSR count). The lowest BCUT2D eigenvalue weighted by Gasteiger charge is -2.19. The molecule has 0 aliphatic carbocycles. The van der Waals surface area contributed by atoms with Crippen molar-refractivity contribution in [3.63, 3.8) is 0 Å². The van der Waals surface area contributed by atoms with Crippen LogP contribution in [-0.4, -0.2) is 18.7 Å². The van der Waals surface area contributed by atoms with Gasteiger partial charge in [-0.25, -0.2) is 0 Å². The molecule has 0 bridgehead atoms. The molecule has 0 saturated heterocycles. The molecule has 0 N–H and O–H groups in total. The van der Waals surface area contributed by atoms with Crippen LogP contribution in [0.1, 0.15) is 25.0 Å². The highest BCUT2D eigenvalue weighted by Crippen LogP contribution is 2.51. The molecular formula is C18H22NO3P. The molecule has 0 fully saturated rings. The standard InChI is InChI=1S/C18H22NO3P/c1-3-21-23(20,22-4-2)18(17-13-9-6-10-14-17)19-15-16-11-7-5-8-12-16/h5-14H,3-4,15H2,1-2H3. The first-order chi connectivity index (χ1) is 11.2. The van der Waals surface area contributed by atoms with Crippen LogP contribution in [0.4, 0.5) is 0 Å². The Hall–Kier alpha value is -1.74. The molecule has 0 aliphatic rings. The van der Waals surface area contributed by atoms with Crippen molar-refractivity contribution in [1.29, 1.82) is 0 Å². The van der Waals surface area contributed by atoms with Gasteiger partial charge >= 0.3 is 7.60 Å². The van der Waals surface area contributed by atoms with Crippen molar-refractivity contribution in [2.45, 2.75) is 20.4 Å². The maximum absolute atomic E-state index is 13.2. The number of hydrogen-bond donors (Lipinski definition) is 0. The Morgan fingerprint density at radius 2 is 1.43 bits per heavy atom. The van der Waals surface area contributed by atoms with Crippen molar-refractivity contribution in [1.82, 2.24) is 0 Å². The van der Waals surface area contributed by atoms with E-state index in [1.165, 1.54) is 0 Å². The van der Waals surface area contributed by atoms with Crippen molar-refractivity contribution < 1.29 is 13.6 Å². The summed E-state index contributed by atoms with van der Waals surface area (Å²) in [7, 11) is -3.44. The fourth-order valence-electron chi connectivity index (χ4n) is 2.17. The van der Waals surface area contributed by atoms with Crippen LogP contribution in [-0.2, 0) is 20.2 Å². The predicted octanol–water partition coefficient (Wildman–Crippen LogP) is 4.90. The number of rotatable bonds is 8. The number of hydrogen-bond acceptors (Lipinski definition) is 4. The van der Waals surface area contributed by atoms with E-state index >= 15 is 0 Å². The Kier molecular flexibility index (Phi) is 6.72. The zero-order valence-electron chi connectivity index (χ0n) is 13.5. The molecule has 2 aromatic carbocycles. The molecule has 4 nitrogen and oxygen atoms in total. The molecule has 0 saturated carbocycles. The van der Waals surface area contributed by atoms with Crippen molar-refractivity contribution in [2.75, 3.05) is 13.2 Å². The second kappa shape index (κ2) is 8.78. The molecule has 0 radical (unpaired) electrons. The summed E-state index contributed by atoms with van der Waals surface area (Å²) in [4.78, 5) is 4.58. The van der Waals surface area contributed by atoms with Crippen LogP contribution in [0.2, 0.25) is 0 Å². The van der Waals surface area contributed by atoms with E-state index in [4.69, 9.17) is 9.05 Å². The van der Waals surface area contributed by atoms with Crippen molar-refractivity contribution in [3.05, 3.63) is 71.8 Å². The summed E-state index contributed by atoms with van der Waals surface area (Å²) in [5, 5.41) is 0. The summed E-state index contributed by atoms with van der Waals surface area (Å²) < 4.78 is 24.1. The van der Waals surface area contributed by atoms with Crippen LogP contribution >= 0.6 is 7.60 Å². The Morgan fingerprint density at radius 1 is 0.913 bits per heavy atom. The average Bonchev–Trinajstić information content (AvgIpc) is 2.57. The fraction of sp³-hybridized carbons (Fsp3) is 0.278. The van der Waals surface area contributed by atoms with Gasteiger partial charge < -0.3 is 9.05 Å². The monoisotopic (exact) mass is 331 g/mol. The minimum Gasteiger partial charge on any atom is -0.304 e. The number of benzene rings is 2. The molecule has 0 spiro atoms. The normalized spacial score (nSPS) is 12.3. The van der Waals surface area contributed by atoms with E-state index in [1.54, 1.807) is 13.8 Å². The summed E-state index contributed by atoms with van der Waals surface area (Å²) in [6, 6.07) is 19.3. The van der Waals surface area contributed by atoms with Gasteiger partial charge in [-0.2, -0.15) is 0 Å². The third kappa shape index (κ3) is 4.87. The highest BCUT2D eigenvalue weighted by Gasteiger charge is 2.32. The lowest BCUT2D eigenvalue weighted by atomic mass is 10.2. The molecular weight excluding hydrogens is 309 g/mol. The minimum atomic E-state index is -3.44. The zero-order valence-corrected chi connectivity index (χ0v) is 14.4. The highest BCUT2D eigenvalue weighted by atomic mass is 31.2. The van der Waals surface area contributed by atoms with Gasteiger partial charge in [-0.05, 0) is 19.4 Å². The van der Waals surface area contributed by atoms with E-state index in [9.17, 15) is 4.57 Å². The van der Waals surface area contributed by atoms with E-state index in [1.807, 2.05) is 60.7 Å². The third-order valence-electron chi connectivity index (χ3n) is 3.14. The van der Waals surface area contributed by atoms with E-state index in [2.05, 4.69) is 4.99 Å². The van der Waals surface area contributed by atoms with Gasteiger partial charge in [0.25, 0.3) is 0 Å². The van der Waals surface area contributed by atoms with Crippen LogP contribution in [0, 0.1) is 0 Å². The van der Waals surface area contributed by atoms with Crippen LogP contribution in [0.3, 0.4) is 0 Å². The molecule has 23 heavy (non-hydrogen) atoms. The highest BCUT2D eigenvalue weighted by molar-refractivity contribution is 7.73. The molecule has 0 heterocycles. The van der Waals surface area contributed by atoms with Crippen LogP contribution in [0.5, 0.6) is 0 Å². The third-order valence-corrected chi connectivity index (χ3v) is 5.26. The SMILES string of the molecule is CCOP(=O)(OCC)C(=NCc1ccccc1)c1ccccc1. The van der Waals surface area contributed by atoms with Crippen molar-refractivity contribution in [3.8, 4) is 0 Å². The van der Waals surface area contributed by atoms with Gasteiger partial charge in [0.15, 0.2) is 5.45 Å². The second-order valence-corrected chi connectivity index (χ2v) is 6.76. The van der Waals surface area contributed by atoms with Gasteiger partial charge in [0.05, 0.1) is 19.8 Å².